The van der Waals surface area contributed by atoms with Gasteiger partial charge in [0.25, 0.3) is 0 Å². The number of hydrogen-bond donors (Lipinski definition) is 2. The van der Waals surface area contributed by atoms with Crippen molar-refractivity contribution in [1.82, 2.24) is 35.2 Å². The minimum atomic E-state index is -0.145. The predicted octanol–water partition coefficient (Wildman–Crippen LogP) is 4.88. The molecule has 0 saturated carbocycles. The second kappa shape index (κ2) is 9.38. The lowest BCUT2D eigenvalue weighted by atomic mass is 10.1. The number of H-pyrrole nitrogens is 1. The number of unbranched alkanes of at least 4 members (excludes halogenated alkanes) is 1. The molecule has 3 aromatic heterocycles. The summed E-state index contributed by atoms with van der Waals surface area (Å²) in [6, 6.07) is 14.2. The first-order chi connectivity index (χ1) is 16.2. The minimum Gasteiger partial charge on any atom is -0.390 e. The molecule has 0 aliphatic carbocycles. The molecule has 0 aliphatic rings. The number of aryl methyl sites for hydroxylation is 1. The Labute approximate surface area is 199 Å². The van der Waals surface area contributed by atoms with Crippen LogP contribution in [0.3, 0.4) is 0 Å². The highest BCUT2D eigenvalue weighted by Crippen LogP contribution is 2.35. The molecule has 0 atom stereocenters. The van der Waals surface area contributed by atoms with Gasteiger partial charge in [-0.05, 0) is 29.3 Å². The molecule has 10 heteroatoms. The Balaban J connectivity index is 1.50. The highest BCUT2D eigenvalue weighted by atomic mass is 35.5. The predicted molar refractivity (Wildman–Crippen MR) is 129 cm³/mol. The van der Waals surface area contributed by atoms with Crippen LogP contribution in [0.4, 0.5) is 0 Å². The van der Waals surface area contributed by atoms with Crippen molar-refractivity contribution in [3.8, 4) is 22.0 Å². The van der Waals surface area contributed by atoms with Crippen molar-refractivity contribution >= 4 is 33.2 Å². The van der Waals surface area contributed by atoms with Crippen molar-refractivity contribution in [3.05, 3.63) is 64.7 Å². The summed E-state index contributed by atoms with van der Waals surface area (Å²) in [6.07, 6.45) is 2.91. The van der Waals surface area contributed by atoms with Crippen molar-refractivity contribution in [2.24, 2.45) is 0 Å². The number of hydrogen-bond acceptors (Lipinski definition) is 7. The Hall–Kier alpha value is -3.14. The largest absolute Gasteiger partial charge is 0.390 e. The Morgan fingerprint density at radius 2 is 1.97 bits per heavy atom. The van der Waals surface area contributed by atoms with Crippen LogP contribution in [0.25, 0.3) is 32.2 Å². The van der Waals surface area contributed by atoms with E-state index < -0.39 is 0 Å². The Morgan fingerprint density at radius 3 is 2.73 bits per heavy atom. The van der Waals surface area contributed by atoms with Gasteiger partial charge in [0.05, 0.1) is 22.5 Å². The van der Waals surface area contributed by atoms with Crippen molar-refractivity contribution in [2.75, 3.05) is 0 Å². The zero-order valence-corrected chi connectivity index (χ0v) is 19.6. The summed E-state index contributed by atoms with van der Waals surface area (Å²) >= 11 is 7.92. The van der Waals surface area contributed by atoms with Gasteiger partial charge in [0.1, 0.15) is 10.8 Å². The zero-order valence-electron chi connectivity index (χ0n) is 18.0. The first kappa shape index (κ1) is 21.7. The number of halogens is 1. The Kier molecular flexibility index (Phi) is 6.17. The summed E-state index contributed by atoms with van der Waals surface area (Å²) in [6.45, 7) is 2.58. The highest BCUT2D eigenvalue weighted by molar-refractivity contribution is 7.21. The first-order valence-electron chi connectivity index (χ1n) is 10.7. The van der Waals surface area contributed by atoms with Crippen molar-refractivity contribution in [3.63, 3.8) is 0 Å². The van der Waals surface area contributed by atoms with Crippen LogP contribution in [0.2, 0.25) is 5.15 Å². The van der Waals surface area contributed by atoms with Crippen LogP contribution in [0, 0.1) is 0 Å². The van der Waals surface area contributed by atoms with Gasteiger partial charge >= 0.3 is 0 Å². The average molecular weight is 480 g/mol. The number of fused-ring (bicyclic) bond motifs is 1. The van der Waals surface area contributed by atoms with Crippen LogP contribution in [0.5, 0.6) is 0 Å². The second-order valence-corrected chi connectivity index (χ2v) is 9.10. The van der Waals surface area contributed by atoms with Crippen LogP contribution >= 0.6 is 22.9 Å². The monoisotopic (exact) mass is 479 g/mol. The number of aromatic nitrogens is 7. The van der Waals surface area contributed by atoms with Crippen LogP contribution in [0.15, 0.2) is 42.5 Å². The van der Waals surface area contributed by atoms with E-state index >= 15 is 0 Å². The molecule has 0 bridgehead atoms. The molecule has 0 spiro atoms. The maximum absolute atomic E-state index is 9.85. The molecule has 168 valence electrons. The number of tetrazole rings is 1. The Bertz CT molecular complexity index is 1390. The molecule has 0 aliphatic heterocycles. The van der Waals surface area contributed by atoms with E-state index in [1.165, 1.54) is 0 Å². The summed E-state index contributed by atoms with van der Waals surface area (Å²) in [5.74, 6) is 1.44. The van der Waals surface area contributed by atoms with Gasteiger partial charge in [0.15, 0.2) is 5.15 Å². The lowest BCUT2D eigenvalue weighted by Gasteiger charge is -2.11. The SMILES string of the molecule is CCCCc1nc(Cl)c(CO)n1Cc1ccc2sc(-c3ccccc3-c3nn[nH]n3)nc2c1. The van der Waals surface area contributed by atoms with Crippen LogP contribution in [-0.2, 0) is 19.6 Å². The van der Waals surface area contributed by atoms with Crippen molar-refractivity contribution < 1.29 is 5.11 Å². The second-order valence-electron chi connectivity index (χ2n) is 7.72. The molecule has 2 aromatic carbocycles. The van der Waals surface area contributed by atoms with Crippen molar-refractivity contribution in [2.45, 2.75) is 39.3 Å². The third-order valence-corrected chi connectivity index (χ3v) is 6.92. The maximum Gasteiger partial charge on any atom is 0.205 e. The van der Waals surface area contributed by atoms with Gasteiger partial charge in [-0.25, -0.2) is 9.97 Å². The molecule has 3 heterocycles. The van der Waals surface area contributed by atoms with E-state index in [0.29, 0.717) is 23.2 Å². The molecule has 5 aromatic rings. The molecule has 0 saturated heterocycles. The maximum atomic E-state index is 9.85. The van der Waals surface area contributed by atoms with E-state index in [2.05, 4.69) is 50.7 Å². The van der Waals surface area contributed by atoms with Crippen molar-refractivity contribution in [1.29, 1.82) is 0 Å². The van der Waals surface area contributed by atoms with E-state index in [4.69, 9.17) is 16.6 Å². The van der Waals surface area contributed by atoms with Gasteiger partial charge in [0.2, 0.25) is 5.82 Å². The molecule has 5 rings (SSSR count). The molecule has 2 N–H and O–H groups in total. The summed E-state index contributed by atoms with van der Waals surface area (Å²) in [7, 11) is 0. The average Bonchev–Trinajstić information content (AvgIpc) is 3.57. The lowest BCUT2D eigenvalue weighted by Crippen LogP contribution is -2.09. The summed E-state index contributed by atoms with van der Waals surface area (Å²) in [4.78, 5) is 9.40. The van der Waals surface area contributed by atoms with Gasteiger partial charge < -0.3 is 9.67 Å². The quantitative estimate of drug-likeness (QED) is 0.328. The molecule has 0 unspecified atom stereocenters. The molecular formula is C23H22ClN7OS. The van der Waals surface area contributed by atoms with Gasteiger partial charge in [-0.15, -0.1) is 21.5 Å². The zero-order chi connectivity index (χ0) is 22.8. The number of rotatable bonds is 8. The van der Waals surface area contributed by atoms with Crippen LogP contribution in [-0.4, -0.2) is 40.3 Å². The fourth-order valence-electron chi connectivity index (χ4n) is 3.88. The third kappa shape index (κ3) is 4.27. The van der Waals surface area contributed by atoms with Crippen LogP contribution in [0.1, 0.15) is 36.8 Å². The van der Waals surface area contributed by atoms with E-state index in [9.17, 15) is 5.11 Å². The number of aliphatic hydroxyl groups is 1. The Morgan fingerprint density at radius 1 is 1.12 bits per heavy atom. The van der Waals surface area contributed by atoms with Gasteiger partial charge in [-0.1, -0.05) is 55.3 Å². The standard InChI is InChI=1S/C23H22ClN7OS/c1-2-3-8-20-26-21(24)18(13-32)31(20)12-14-9-10-19-17(11-14)25-23(33-19)16-7-5-4-6-15(16)22-27-29-30-28-22/h4-7,9-11,32H,2-3,8,12-13H2,1H3,(H,27,28,29,30). The molecule has 8 nitrogen and oxygen atoms in total. The number of thiazole rings is 1. The third-order valence-electron chi connectivity index (χ3n) is 5.54. The number of imidazole rings is 1. The summed E-state index contributed by atoms with van der Waals surface area (Å²) < 4.78 is 3.12. The summed E-state index contributed by atoms with van der Waals surface area (Å²) in [5, 5.41) is 25.6. The van der Waals surface area contributed by atoms with Gasteiger partial charge in [0, 0.05) is 24.1 Å². The number of aliphatic hydroxyl groups excluding tert-OH is 1. The molecule has 0 radical (unpaired) electrons. The highest BCUT2D eigenvalue weighted by Gasteiger charge is 2.17. The fourth-order valence-corrected chi connectivity index (χ4v) is 5.12. The number of nitrogens with zero attached hydrogens (tertiary/aromatic N) is 6. The van der Waals surface area contributed by atoms with E-state index in [0.717, 1.165) is 57.0 Å². The topological polar surface area (TPSA) is 105 Å². The molecular weight excluding hydrogens is 458 g/mol. The molecule has 0 amide bonds. The molecule has 33 heavy (non-hydrogen) atoms. The van der Waals surface area contributed by atoms with E-state index in [-0.39, 0.29) is 6.61 Å². The first-order valence-corrected chi connectivity index (χ1v) is 11.9. The van der Waals surface area contributed by atoms with E-state index in [1.807, 2.05) is 28.8 Å². The number of nitrogens with one attached hydrogen (secondary N) is 1. The molecule has 0 fully saturated rings. The normalized spacial score (nSPS) is 11.5. The minimum absolute atomic E-state index is 0.145. The summed E-state index contributed by atoms with van der Waals surface area (Å²) in [5.41, 5.74) is 4.49. The fraction of sp³-hybridized carbons (Fsp3) is 0.261. The smallest absolute Gasteiger partial charge is 0.205 e. The lowest BCUT2D eigenvalue weighted by molar-refractivity contribution is 0.271. The number of aromatic amines is 1. The van der Waals surface area contributed by atoms with E-state index in [1.54, 1.807) is 11.3 Å². The van der Waals surface area contributed by atoms with Crippen LogP contribution < -0.4 is 0 Å². The van der Waals surface area contributed by atoms with Gasteiger partial charge in [-0.3, -0.25) is 0 Å². The number of benzene rings is 2. The van der Waals surface area contributed by atoms with Gasteiger partial charge in [-0.2, -0.15) is 5.21 Å².